The van der Waals surface area contributed by atoms with E-state index in [1.807, 2.05) is 0 Å². The summed E-state index contributed by atoms with van der Waals surface area (Å²) in [5, 5.41) is 22.7. The van der Waals surface area contributed by atoms with Gasteiger partial charge in [0.15, 0.2) is 6.04 Å². The number of azide groups is 1. The molecular formula is C9H9N5O4. The topological polar surface area (TPSA) is 148 Å². The Morgan fingerprint density at radius 1 is 1.56 bits per heavy atom. The fourth-order valence-corrected chi connectivity index (χ4v) is 1.09. The molecule has 1 aromatic heterocycles. The summed E-state index contributed by atoms with van der Waals surface area (Å²) in [7, 11) is 0. The van der Waals surface area contributed by atoms with Crippen LogP contribution >= 0.6 is 0 Å². The molecule has 1 aromatic rings. The van der Waals surface area contributed by atoms with E-state index in [1.165, 1.54) is 18.5 Å². The fourth-order valence-electron chi connectivity index (χ4n) is 1.09. The summed E-state index contributed by atoms with van der Waals surface area (Å²) in [5.74, 6) is -2.09. The minimum atomic E-state index is -1.40. The van der Waals surface area contributed by atoms with Gasteiger partial charge in [-0.15, -0.1) is 0 Å². The van der Waals surface area contributed by atoms with Crippen LogP contribution < -0.4 is 5.32 Å². The maximum atomic E-state index is 11.6. The van der Waals surface area contributed by atoms with Gasteiger partial charge in [-0.1, -0.05) is 5.11 Å². The van der Waals surface area contributed by atoms with E-state index >= 15 is 0 Å². The number of aromatic nitrogens is 1. The first kappa shape index (κ1) is 13.4. The van der Waals surface area contributed by atoms with E-state index in [2.05, 4.69) is 20.3 Å². The standard InChI is InChI=1S/C9H9N5O4/c10-14-13-6-1-5(2-11-3-6)8(16)12-7(4-15)9(17)18/h1-3,7,15H,4H2,(H,12,16)(H,17,18)/t7-/m0/s1. The quantitative estimate of drug-likeness (QED) is 0.388. The lowest BCUT2D eigenvalue weighted by Crippen LogP contribution is -2.43. The zero-order valence-corrected chi connectivity index (χ0v) is 9.02. The number of aliphatic carboxylic acids is 1. The summed E-state index contributed by atoms with van der Waals surface area (Å²) in [5.41, 5.74) is 8.38. The molecular weight excluding hydrogens is 242 g/mol. The molecule has 3 N–H and O–H groups in total. The molecule has 0 aromatic carbocycles. The van der Waals surface area contributed by atoms with Crippen LogP contribution in [0.2, 0.25) is 0 Å². The molecule has 0 aliphatic carbocycles. The van der Waals surface area contributed by atoms with Crippen LogP contribution in [0.15, 0.2) is 23.6 Å². The third-order valence-electron chi connectivity index (χ3n) is 1.93. The van der Waals surface area contributed by atoms with Crippen molar-refractivity contribution in [1.29, 1.82) is 0 Å². The van der Waals surface area contributed by atoms with E-state index < -0.39 is 24.5 Å². The van der Waals surface area contributed by atoms with Crippen molar-refractivity contribution in [2.45, 2.75) is 6.04 Å². The zero-order chi connectivity index (χ0) is 13.5. The second kappa shape index (κ2) is 6.18. The lowest BCUT2D eigenvalue weighted by atomic mass is 10.2. The molecule has 1 amide bonds. The Bertz CT molecular complexity index is 511. The average molecular weight is 251 g/mol. The van der Waals surface area contributed by atoms with Crippen LogP contribution in [0.3, 0.4) is 0 Å². The Morgan fingerprint density at radius 2 is 2.28 bits per heavy atom. The van der Waals surface area contributed by atoms with Gasteiger partial charge in [0.1, 0.15) is 0 Å². The molecule has 0 spiro atoms. The van der Waals surface area contributed by atoms with Crippen molar-refractivity contribution >= 4 is 17.6 Å². The minimum absolute atomic E-state index is 0.0274. The summed E-state index contributed by atoms with van der Waals surface area (Å²) >= 11 is 0. The largest absolute Gasteiger partial charge is 0.480 e. The third-order valence-corrected chi connectivity index (χ3v) is 1.93. The Hall–Kier alpha value is -2.64. The van der Waals surface area contributed by atoms with Crippen molar-refractivity contribution in [3.05, 3.63) is 34.5 Å². The number of carboxylic acids is 1. The number of amides is 1. The third kappa shape index (κ3) is 3.44. The number of hydrogen-bond donors (Lipinski definition) is 3. The predicted octanol–water partition coefficient (Wildman–Crippen LogP) is 0.199. The summed E-state index contributed by atoms with van der Waals surface area (Å²) in [6, 6.07) is -0.154. The van der Waals surface area contributed by atoms with Crippen molar-refractivity contribution in [3.8, 4) is 0 Å². The molecule has 1 rings (SSSR count). The number of rotatable bonds is 5. The lowest BCUT2D eigenvalue weighted by molar-refractivity contribution is -0.140. The number of pyridine rings is 1. The molecule has 9 nitrogen and oxygen atoms in total. The lowest BCUT2D eigenvalue weighted by Gasteiger charge is -2.11. The first-order valence-corrected chi connectivity index (χ1v) is 4.73. The van der Waals surface area contributed by atoms with Gasteiger partial charge in [-0.3, -0.25) is 9.78 Å². The van der Waals surface area contributed by atoms with Gasteiger partial charge in [-0.25, -0.2) is 4.79 Å². The van der Waals surface area contributed by atoms with Crippen molar-refractivity contribution in [2.75, 3.05) is 6.61 Å². The molecule has 0 radical (unpaired) electrons. The molecule has 18 heavy (non-hydrogen) atoms. The van der Waals surface area contributed by atoms with E-state index in [0.717, 1.165) is 0 Å². The van der Waals surface area contributed by atoms with Crippen LogP contribution in [-0.2, 0) is 4.79 Å². The maximum absolute atomic E-state index is 11.6. The molecule has 1 heterocycles. The van der Waals surface area contributed by atoms with Crippen molar-refractivity contribution in [2.24, 2.45) is 5.11 Å². The number of carbonyl (C=O) groups is 2. The molecule has 0 saturated heterocycles. The van der Waals surface area contributed by atoms with Crippen LogP contribution in [-0.4, -0.2) is 39.7 Å². The Kier molecular flexibility index (Phi) is 4.61. The summed E-state index contributed by atoms with van der Waals surface area (Å²) in [6.45, 7) is -0.732. The van der Waals surface area contributed by atoms with Crippen LogP contribution in [0.25, 0.3) is 10.4 Å². The Morgan fingerprint density at radius 3 is 2.83 bits per heavy atom. The van der Waals surface area contributed by atoms with Gasteiger partial charge in [0.05, 0.1) is 17.9 Å². The molecule has 9 heteroatoms. The molecule has 0 saturated carbocycles. The van der Waals surface area contributed by atoms with E-state index in [9.17, 15) is 9.59 Å². The van der Waals surface area contributed by atoms with E-state index in [-0.39, 0.29) is 11.3 Å². The van der Waals surface area contributed by atoms with Crippen LogP contribution in [0.5, 0.6) is 0 Å². The molecule has 94 valence electrons. The number of carboxylic acid groups (broad SMARTS) is 1. The molecule has 0 aliphatic heterocycles. The normalized spacial score (nSPS) is 11.2. The summed E-state index contributed by atoms with van der Waals surface area (Å²) in [4.78, 5) is 28.4. The highest BCUT2D eigenvalue weighted by Crippen LogP contribution is 2.12. The second-order valence-electron chi connectivity index (χ2n) is 3.17. The maximum Gasteiger partial charge on any atom is 0.328 e. The summed E-state index contributed by atoms with van der Waals surface area (Å²) < 4.78 is 0. The average Bonchev–Trinajstić information content (AvgIpc) is 2.36. The van der Waals surface area contributed by atoms with Gasteiger partial charge in [-0.2, -0.15) is 0 Å². The second-order valence-corrected chi connectivity index (χ2v) is 3.17. The van der Waals surface area contributed by atoms with Crippen molar-refractivity contribution < 1.29 is 19.8 Å². The van der Waals surface area contributed by atoms with Crippen molar-refractivity contribution in [1.82, 2.24) is 10.3 Å². The van der Waals surface area contributed by atoms with Gasteiger partial charge in [-0.05, 0) is 11.6 Å². The molecule has 0 unspecified atom stereocenters. The zero-order valence-electron chi connectivity index (χ0n) is 9.02. The van der Waals surface area contributed by atoms with Crippen LogP contribution in [0.1, 0.15) is 10.4 Å². The van der Waals surface area contributed by atoms with Gasteiger partial charge in [0, 0.05) is 17.3 Å². The first-order chi connectivity index (χ1) is 8.58. The van der Waals surface area contributed by atoms with Crippen LogP contribution in [0.4, 0.5) is 5.69 Å². The van der Waals surface area contributed by atoms with Gasteiger partial charge in [0.25, 0.3) is 5.91 Å². The highest BCUT2D eigenvalue weighted by molar-refractivity contribution is 5.96. The fraction of sp³-hybridized carbons (Fsp3) is 0.222. The number of nitrogens with zero attached hydrogens (tertiary/aromatic N) is 4. The van der Waals surface area contributed by atoms with E-state index in [4.69, 9.17) is 15.7 Å². The smallest absolute Gasteiger partial charge is 0.328 e. The van der Waals surface area contributed by atoms with Gasteiger partial charge < -0.3 is 15.5 Å². The highest BCUT2D eigenvalue weighted by atomic mass is 16.4. The van der Waals surface area contributed by atoms with E-state index in [1.54, 1.807) is 0 Å². The Balaban J connectivity index is 2.87. The number of aliphatic hydroxyl groups excluding tert-OH is 1. The Labute approximate surface area is 101 Å². The molecule has 0 aliphatic rings. The monoisotopic (exact) mass is 251 g/mol. The summed E-state index contributed by atoms with van der Waals surface area (Å²) in [6.07, 6.45) is 2.43. The number of hydrogen-bond acceptors (Lipinski definition) is 5. The molecule has 0 fully saturated rings. The highest BCUT2D eigenvalue weighted by Gasteiger charge is 2.19. The number of nitrogens with one attached hydrogen (secondary N) is 1. The SMILES string of the molecule is [N-]=[N+]=Nc1cncc(C(=O)N[C@@H](CO)C(=O)O)c1. The van der Waals surface area contributed by atoms with Crippen LogP contribution in [0, 0.1) is 0 Å². The van der Waals surface area contributed by atoms with Gasteiger partial charge >= 0.3 is 5.97 Å². The first-order valence-electron chi connectivity index (χ1n) is 4.73. The van der Waals surface area contributed by atoms with E-state index in [0.29, 0.717) is 0 Å². The predicted molar refractivity (Wildman–Crippen MR) is 59.0 cm³/mol. The molecule has 1 atom stereocenters. The van der Waals surface area contributed by atoms with Crippen molar-refractivity contribution in [3.63, 3.8) is 0 Å². The molecule has 0 bridgehead atoms. The number of carbonyl (C=O) groups excluding carboxylic acids is 1. The number of aliphatic hydroxyl groups is 1. The minimum Gasteiger partial charge on any atom is -0.480 e. The van der Waals surface area contributed by atoms with Gasteiger partial charge in [0.2, 0.25) is 0 Å².